The molecule has 0 radical (unpaired) electrons. The minimum Gasteiger partial charge on any atom is -0.497 e. The quantitative estimate of drug-likeness (QED) is 0.432. The fourth-order valence-corrected chi connectivity index (χ4v) is 3.02. The average Bonchev–Trinajstić information content (AvgIpc) is 3.38. The van der Waals surface area contributed by atoms with E-state index in [4.69, 9.17) is 4.74 Å². The third kappa shape index (κ3) is 3.88. The molecule has 0 saturated carbocycles. The Labute approximate surface area is 162 Å². The van der Waals surface area contributed by atoms with Gasteiger partial charge in [0.05, 0.1) is 23.8 Å². The molecule has 2 heterocycles. The fraction of sp³-hybridized carbons (Fsp3) is 0.190. The zero-order chi connectivity index (χ0) is 19.3. The Bertz CT molecular complexity index is 1050. The maximum atomic E-state index is 12.3. The first-order valence-corrected chi connectivity index (χ1v) is 9.14. The highest BCUT2D eigenvalue weighted by Crippen LogP contribution is 2.21. The van der Waals surface area contributed by atoms with Crippen molar-refractivity contribution in [2.24, 2.45) is 0 Å². The van der Waals surface area contributed by atoms with Crippen molar-refractivity contribution in [3.8, 4) is 17.0 Å². The number of aromatic nitrogens is 4. The first-order valence-electron chi connectivity index (χ1n) is 9.14. The van der Waals surface area contributed by atoms with Crippen LogP contribution in [0.25, 0.3) is 22.3 Å². The molecule has 3 N–H and O–H groups in total. The maximum Gasteiger partial charge on any atom is 0.269 e. The lowest BCUT2D eigenvalue weighted by atomic mass is 10.1. The minimum absolute atomic E-state index is 0.170. The zero-order valence-corrected chi connectivity index (χ0v) is 15.5. The van der Waals surface area contributed by atoms with Crippen molar-refractivity contribution < 1.29 is 9.53 Å². The molecule has 0 aliphatic carbocycles. The van der Waals surface area contributed by atoms with E-state index in [1.165, 1.54) is 0 Å². The summed E-state index contributed by atoms with van der Waals surface area (Å²) < 4.78 is 5.15. The fourth-order valence-electron chi connectivity index (χ4n) is 3.02. The second-order valence-electron chi connectivity index (χ2n) is 6.46. The van der Waals surface area contributed by atoms with Gasteiger partial charge in [-0.3, -0.25) is 9.89 Å². The van der Waals surface area contributed by atoms with Gasteiger partial charge >= 0.3 is 0 Å². The van der Waals surface area contributed by atoms with Crippen LogP contribution in [0.4, 0.5) is 0 Å². The van der Waals surface area contributed by atoms with Crippen LogP contribution in [-0.2, 0) is 6.42 Å². The van der Waals surface area contributed by atoms with Gasteiger partial charge in [0.15, 0.2) is 0 Å². The van der Waals surface area contributed by atoms with Gasteiger partial charge in [0.25, 0.3) is 5.91 Å². The zero-order valence-electron chi connectivity index (χ0n) is 15.5. The Morgan fingerprint density at radius 2 is 1.96 bits per heavy atom. The van der Waals surface area contributed by atoms with Gasteiger partial charge in [0.2, 0.25) is 0 Å². The van der Waals surface area contributed by atoms with Crippen molar-refractivity contribution in [3.63, 3.8) is 0 Å². The van der Waals surface area contributed by atoms with Gasteiger partial charge in [-0.2, -0.15) is 5.10 Å². The summed E-state index contributed by atoms with van der Waals surface area (Å²) in [7, 11) is 1.63. The van der Waals surface area contributed by atoms with Gasteiger partial charge in [-0.25, -0.2) is 4.98 Å². The van der Waals surface area contributed by atoms with Gasteiger partial charge in [-0.1, -0.05) is 12.1 Å². The second kappa shape index (κ2) is 7.96. The van der Waals surface area contributed by atoms with E-state index in [1.54, 1.807) is 13.2 Å². The lowest BCUT2D eigenvalue weighted by Gasteiger charge is -2.02. The molecule has 4 aromatic rings. The molecule has 0 spiro atoms. The van der Waals surface area contributed by atoms with Crippen LogP contribution in [-0.4, -0.2) is 39.7 Å². The number of methoxy groups -OCH3 is 1. The number of carbonyl (C=O) groups is 1. The number of nitrogens with one attached hydrogen (secondary N) is 3. The summed E-state index contributed by atoms with van der Waals surface area (Å²) in [4.78, 5) is 20.2. The minimum atomic E-state index is -0.170. The van der Waals surface area contributed by atoms with Crippen LogP contribution in [0.15, 0.2) is 54.6 Å². The molecule has 0 bridgehead atoms. The number of carbonyl (C=O) groups excluding carboxylic acids is 1. The van der Waals surface area contributed by atoms with E-state index in [0.717, 1.165) is 46.7 Å². The van der Waals surface area contributed by atoms with Crippen molar-refractivity contribution in [1.82, 2.24) is 25.5 Å². The number of imidazole rings is 1. The monoisotopic (exact) mass is 375 g/mol. The molecule has 1 amide bonds. The number of aryl methyl sites for hydroxylation is 1. The second-order valence-corrected chi connectivity index (χ2v) is 6.46. The molecule has 0 aliphatic heterocycles. The summed E-state index contributed by atoms with van der Waals surface area (Å²) in [6, 6.07) is 17.2. The molecule has 142 valence electrons. The van der Waals surface area contributed by atoms with Gasteiger partial charge in [0.1, 0.15) is 17.3 Å². The number of para-hydroxylation sites is 2. The van der Waals surface area contributed by atoms with E-state index in [2.05, 4.69) is 25.5 Å². The van der Waals surface area contributed by atoms with Gasteiger partial charge in [-0.15, -0.1) is 0 Å². The van der Waals surface area contributed by atoms with Crippen molar-refractivity contribution in [2.75, 3.05) is 13.7 Å². The van der Waals surface area contributed by atoms with Crippen LogP contribution in [0.5, 0.6) is 5.75 Å². The van der Waals surface area contributed by atoms with E-state index in [-0.39, 0.29) is 5.91 Å². The van der Waals surface area contributed by atoms with Crippen LogP contribution >= 0.6 is 0 Å². The first-order chi connectivity index (χ1) is 13.7. The molecule has 0 fully saturated rings. The molecule has 0 aliphatic rings. The summed E-state index contributed by atoms with van der Waals surface area (Å²) in [5.74, 6) is 1.54. The summed E-state index contributed by atoms with van der Waals surface area (Å²) in [6.07, 6.45) is 1.57. The molecule has 7 heteroatoms. The number of ether oxygens (including phenoxy) is 1. The SMILES string of the molecule is COc1ccc(-c2cc(C(=O)NCCCc3nc4ccccc4[nH]3)[nH]n2)cc1. The average molecular weight is 375 g/mol. The summed E-state index contributed by atoms with van der Waals surface area (Å²) in [5, 5.41) is 9.93. The largest absolute Gasteiger partial charge is 0.497 e. The molecule has 0 saturated heterocycles. The highest BCUT2D eigenvalue weighted by atomic mass is 16.5. The van der Waals surface area contributed by atoms with Gasteiger partial charge < -0.3 is 15.0 Å². The molecular weight excluding hydrogens is 354 g/mol. The molecule has 28 heavy (non-hydrogen) atoms. The Morgan fingerprint density at radius 3 is 2.75 bits per heavy atom. The van der Waals surface area contributed by atoms with E-state index < -0.39 is 0 Å². The smallest absolute Gasteiger partial charge is 0.269 e. The predicted octanol–water partition coefficient (Wildman–Crippen LogP) is 3.32. The number of hydrogen-bond acceptors (Lipinski definition) is 4. The Kier molecular flexibility index (Phi) is 5.05. The van der Waals surface area contributed by atoms with Crippen LogP contribution in [0.1, 0.15) is 22.7 Å². The Hall–Kier alpha value is -3.61. The van der Waals surface area contributed by atoms with Crippen LogP contribution in [0, 0.1) is 0 Å². The highest BCUT2D eigenvalue weighted by molar-refractivity contribution is 5.93. The Balaban J connectivity index is 1.29. The molecule has 7 nitrogen and oxygen atoms in total. The number of amides is 1. The number of aromatic amines is 2. The summed E-state index contributed by atoms with van der Waals surface area (Å²) in [6.45, 7) is 0.562. The number of nitrogens with zero attached hydrogens (tertiary/aromatic N) is 2. The van der Waals surface area contributed by atoms with Gasteiger partial charge in [-0.05, 0) is 48.9 Å². The van der Waals surface area contributed by atoms with Crippen molar-refractivity contribution in [1.29, 1.82) is 0 Å². The van der Waals surface area contributed by atoms with Crippen molar-refractivity contribution >= 4 is 16.9 Å². The highest BCUT2D eigenvalue weighted by Gasteiger charge is 2.11. The van der Waals surface area contributed by atoms with Gasteiger partial charge in [0, 0.05) is 18.5 Å². The number of benzene rings is 2. The molecule has 4 rings (SSSR count). The van der Waals surface area contributed by atoms with E-state index in [0.29, 0.717) is 12.2 Å². The topological polar surface area (TPSA) is 95.7 Å². The molecule has 0 atom stereocenters. The van der Waals surface area contributed by atoms with Crippen LogP contribution in [0.2, 0.25) is 0 Å². The van der Waals surface area contributed by atoms with Crippen LogP contribution in [0.3, 0.4) is 0 Å². The van der Waals surface area contributed by atoms with Crippen molar-refractivity contribution in [2.45, 2.75) is 12.8 Å². The maximum absolute atomic E-state index is 12.3. The number of H-pyrrole nitrogens is 2. The predicted molar refractivity (Wildman–Crippen MR) is 107 cm³/mol. The molecule has 2 aromatic carbocycles. The third-order valence-corrected chi connectivity index (χ3v) is 4.52. The molecule has 2 aromatic heterocycles. The van der Waals surface area contributed by atoms with Crippen LogP contribution < -0.4 is 10.1 Å². The van der Waals surface area contributed by atoms with E-state index in [1.807, 2.05) is 48.5 Å². The molecular formula is C21H21N5O2. The number of hydrogen-bond donors (Lipinski definition) is 3. The van der Waals surface area contributed by atoms with E-state index in [9.17, 15) is 4.79 Å². The third-order valence-electron chi connectivity index (χ3n) is 4.52. The normalized spacial score (nSPS) is 10.9. The molecule has 0 unspecified atom stereocenters. The first kappa shape index (κ1) is 17.8. The standard InChI is InChI=1S/C21H21N5O2/c1-28-15-10-8-14(9-11-15)18-13-19(26-25-18)21(27)22-12-4-7-20-23-16-5-2-3-6-17(16)24-20/h2-3,5-6,8-11,13H,4,7,12H2,1H3,(H,22,27)(H,23,24)(H,25,26). The Morgan fingerprint density at radius 1 is 1.14 bits per heavy atom. The van der Waals surface area contributed by atoms with Crippen molar-refractivity contribution in [3.05, 3.63) is 66.1 Å². The summed E-state index contributed by atoms with van der Waals surface area (Å²) in [5.41, 5.74) is 4.07. The van der Waals surface area contributed by atoms with E-state index >= 15 is 0 Å². The lowest BCUT2D eigenvalue weighted by Crippen LogP contribution is -2.25. The lowest BCUT2D eigenvalue weighted by molar-refractivity contribution is 0.0948. The number of fused-ring (bicyclic) bond motifs is 1. The summed E-state index contributed by atoms with van der Waals surface area (Å²) >= 11 is 0. The number of rotatable bonds is 7.